The Morgan fingerprint density at radius 2 is 1.23 bits per heavy atom. The second-order valence-corrected chi connectivity index (χ2v) is 25.2. The van der Waals surface area contributed by atoms with Crippen LogP contribution in [0.4, 0.5) is 0 Å². The van der Waals surface area contributed by atoms with Crippen molar-refractivity contribution in [1.82, 2.24) is 0 Å². The monoisotopic (exact) mass is 1080 g/mol. The molecule has 0 aromatic carbocycles. The predicted octanol–water partition coefficient (Wildman–Crippen LogP) is -2.25. The van der Waals surface area contributed by atoms with Crippen molar-refractivity contribution in [3.8, 4) is 0 Å². The molecule has 0 spiro atoms. The van der Waals surface area contributed by atoms with E-state index in [1.807, 2.05) is 0 Å². The number of fused-ring (bicyclic) bond motifs is 7. The van der Waals surface area contributed by atoms with Crippen LogP contribution in [-0.2, 0) is 42.7 Å². The largest absolute Gasteiger partial charge is 0.481 e. The number of aliphatic hydroxyl groups excluding tert-OH is 13. The molecule has 5 aliphatic carbocycles. The fraction of sp³-hybridized carbons (Fsp3) is 0.942. The zero-order valence-corrected chi connectivity index (χ0v) is 43.7. The van der Waals surface area contributed by atoms with Crippen LogP contribution < -0.4 is 0 Å². The molecule has 4 saturated carbocycles. The summed E-state index contributed by atoms with van der Waals surface area (Å²) in [5.41, 5.74) is -2.32. The smallest absolute Gasteiger partial charge is 0.309 e. The lowest BCUT2D eigenvalue weighted by Crippen LogP contribution is -2.68. The molecule has 430 valence electrons. The van der Waals surface area contributed by atoms with Crippen molar-refractivity contribution in [2.75, 3.05) is 33.0 Å². The van der Waals surface area contributed by atoms with Crippen LogP contribution in [0.2, 0.25) is 0 Å². The van der Waals surface area contributed by atoms with Crippen LogP contribution in [0.3, 0.4) is 0 Å². The number of rotatable bonds is 12. The highest BCUT2D eigenvalue weighted by Gasteiger charge is 2.71. The third-order valence-electron chi connectivity index (χ3n) is 21.1. The summed E-state index contributed by atoms with van der Waals surface area (Å²) < 4.78 is 48.5. The molecule has 0 radical (unpaired) electrons. The van der Waals surface area contributed by atoms with E-state index in [-0.39, 0.29) is 35.2 Å². The van der Waals surface area contributed by atoms with Crippen molar-refractivity contribution < 1.29 is 114 Å². The topological polar surface area (TPSA) is 374 Å². The van der Waals surface area contributed by atoms with Gasteiger partial charge in [-0.15, -0.1) is 0 Å². The third kappa shape index (κ3) is 9.29. The second-order valence-electron chi connectivity index (χ2n) is 25.2. The van der Waals surface area contributed by atoms with E-state index in [0.717, 1.165) is 24.8 Å². The van der Waals surface area contributed by atoms with Gasteiger partial charge in [0, 0.05) is 5.41 Å². The number of carboxylic acid groups (broad SMARTS) is 1. The molecule has 0 amide bonds. The summed E-state index contributed by atoms with van der Waals surface area (Å²) in [6.07, 6.45) is -24.3. The van der Waals surface area contributed by atoms with Gasteiger partial charge in [0.25, 0.3) is 0 Å². The SMILES string of the molecule is CC1(C)[C@@H](O[C@@H]2OC[C@H](O[C@@H]3O[C@H](CO)[C@@H](O)[C@H](O)[C@H]3O[C@@H]3OC[C@@H](O)[C@H](O)[C@H]3O)[C@H](O)[C@H]2O[C@@H]2O[C@H](CO)[C@@H](O)[C@H](O)[C@H]2O)CC[C@]2(C)[C@H]3CC=C4[C@@H]5C[C@@](C)(C(=O)O)CC[C@]5(CO)[C@H](O)C[C@@]4(C)[C@]3(C)CC[C@@H]12. The number of allylic oxidation sites excluding steroid dienone is 2. The van der Waals surface area contributed by atoms with E-state index < -0.39 is 177 Å². The van der Waals surface area contributed by atoms with Crippen molar-refractivity contribution in [2.45, 2.75) is 222 Å². The summed E-state index contributed by atoms with van der Waals surface area (Å²) in [6, 6.07) is 0. The lowest BCUT2D eigenvalue weighted by molar-refractivity contribution is -0.392. The molecule has 23 nitrogen and oxygen atoms in total. The predicted molar refractivity (Wildman–Crippen MR) is 254 cm³/mol. The minimum atomic E-state index is -1.91. The highest BCUT2D eigenvalue weighted by Crippen LogP contribution is 2.76. The highest BCUT2D eigenvalue weighted by atomic mass is 16.8. The number of ether oxygens (including phenoxy) is 8. The average Bonchev–Trinajstić information content (AvgIpc) is 3.43. The molecular weight excluding hydrogens is 993 g/mol. The van der Waals surface area contributed by atoms with Crippen LogP contribution in [0.15, 0.2) is 11.6 Å². The van der Waals surface area contributed by atoms with Crippen LogP contribution in [0.25, 0.3) is 0 Å². The summed E-state index contributed by atoms with van der Waals surface area (Å²) in [5, 5.41) is 152. The zero-order chi connectivity index (χ0) is 54.7. The van der Waals surface area contributed by atoms with Crippen LogP contribution in [0.5, 0.6) is 0 Å². The Hall–Kier alpha value is -1.63. The Balaban J connectivity index is 0.974. The fourth-order valence-electron chi connectivity index (χ4n) is 16.1. The van der Waals surface area contributed by atoms with Gasteiger partial charge in [-0.2, -0.15) is 0 Å². The number of carboxylic acids is 1. The van der Waals surface area contributed by atoms with Gasteiger partial charge in [-0.25, -0.2) is 0 Å². The Labute approximate surface area is 436 Å². The van der Waals surface area contributed by atoms with Gasteiger partial charge in [-0.05, 0) is 104 Å². The first-order chi connectivity index (χ1) is 35.2. The highest BCUT2D eigenvalue weighted by molar-refractivity contribution is 5.74. The lowest BCUT2D eigenvalue weighted by atomic mass is 9.33. The molecule has 4 heterocycles. The molecule has 28 atom stereocenters. The molecule has 0 aromatic heterocycles. The summed E-state index contributed by atoms with van der Waals surface area (Å²) in [5.74, 6) is -0.979. The van der Waals surface area contributed by atoms with E-state index in [0.29, 0.717) is 38.5 Å². The first kappa shape index (κ1) is 58.0. The van der Waals surface area contributed by atoms with Gasteiger partial charge in [0.2, 0.25) is 0 Å². The lowest BCUT2D eigenvalue weighted by Gasteiger charge is -2.72. The summed E-state index contributed by atoms with van der Waals surface area (Å²) in [7, 11) is 0. The van der Waals surface area contributed by atoms with Gasteiger partial charge < -0.3 is 109 Å². The maximum atomic E-state index is 12.7. The first-order valence-corrected chi connectivity index (χ1v) is 26.9. The number of aliphatic hydroxyl groups is 13. The molecule has 9 aliphatic rings. The quantitative estimate of drug-likeness (QED) is 0.0725. The van der Waals surface area contributed by atoms with Crippen LogP contribution in [0.1, 0.15) is 99.3 Å². The zero-order valence-electron chi connectivity index (χ0n) is 43.7. The van der Waals surface area contributed by atoms with Gasteiger partial charge in [-0.1, -0.05) is 46.3 Å². The fourth-order valence-corrected chi connectivity index (χ4v) is 16.1. The Morgan fingerprint density at radius 1 is 0.613 bits per heavy atom. The van der Waals surface area contributed by atoms with Crippen molar-refractivity contribution >= 4 is 5.97 Å². The van der Waals surface area contributed by atoms with Gasteiger partial charge >= 0.3 is 5.97 Å². The Bertz CT molecular complexity index is 2060. The standard InChI is InChI=1S/C52H84O23/c1-47(2)28-9-12-50(5)29(8-7-22-23-15-48(3,46(66)67)13-14-52(23,21-55)30(57)16-51(22,50)6)49(28,4)11-10-31(47)73-44-40(75-43-39(65)36(62)33(59)25(17-53)70-43)35(61)27(20-69-44)72-45-41(37(63)34(60)26(18-54)71-45)74-42-38(64)32(58)24(56)19-68-42/h7,23-45,53-65H,8-21H2,1-6H3,(H,66,67)/t23-,24+,25+,26+,27-,28-,29+,30+,31-,32-,33+,34+,35-,36-,37-,38+,39+,40+,41+,42-,43-,44-,45-,48-,49-,50+,51+,52+/m0/s1. The van der Waals surface area contributed by atoms with E-state index in [1.54, 1.807) is 6.92 Å². The summed E-state index contributed by atoms with van der Waals surface area (Å²) >= 11 is 0. The molecule has 0 aromatic rings. The van der Waals surface area contributed by atoms with Crippen LogP contribution in [-0.4, -0.2) is 233 Å². The van der Waals surface area contributed by atoms with Crippen LogP contribution >= 0.6 is 0 Å². The van der Waals surface area contributed by atoms with E-state index >= 15 is 0 Å². The maximum Gasteiger partial charge on any atom is 0.309 e. The van der Waals surface area contributed by atoms with Gasteiger partial charge in [0.1, 0.15) is 85.5 Å². The minimum Gasteiger partial charge on any atom is -0.481 e. The number of hydrogen-bond donors (Lipinski definition) is 14. The number of hydrogen-bond acceptors (Lipinski definition) is 22. The van der Waals surface area contributed by atoms with Gasteiger partial charge in [-0.3, -0.25) is 4.79 Å². The maximum absolute atomic E-state index is 12.7. The van der Waals surface area contributed by atoms with Crippen molar-refractivity contribution in [2.24, 2.45) is 50.2 Å². The molecule has 4 saturated heterocycles. The molecule has 4 aliphatic heterocycles. The average molecular weight is 1080 g/mol. The molecule has 0 unspecified atom stereocenters. The molecule has 14 N–H and O–H groups in total. The second kappa shape index (κ2) is 21.0. The normalized spacial score (nSPS) is 54.9. The molecule has 9 rings (SSSR count). The van der Waals surface area contributed by atoms with E-state index in [9.17, 15) is 76.3 Å². The van der Waals surface area contributed by atoms with Gasteiger partial charge in [0.05, 0.1) is 50.7 Å². The van der Waals surface area contributed by atoms with Crippen molar-refractivity contribution in [1.29, 1.82) is 0 Å². The van der Waals surface area contributed by atoms with E-state index in [1.165, 1.54) is 0 Å². The minimum absolute atomic E-state index is 0.0579. The molecule has 75 heavy (non-hydrogen) atoms. The molecule has 23 heteroatoms. The molecule has 8 fully saturated rings. The van der Waals surface area contributed by atoms with E-state index in [4.69, 9.17) is 37.9 Å². The number of aliphatic carboxylic acids is 1. The van der Waals surface area contributed by atoms with Crippen LogP contribution in [0, 0.1) is 50.2 Å². The summed E-state index contributed by atoms with van der Waals surface area (Å²) in [4.78, 5) is 12.7. The van der Waals surface area contributed by atoms with Crippen molar-refractivity contribution in [3.63, 3.8) is 0 Å². The number of carbonyl (C=O) groups is 1. The molecule has 0 bridgehead atoms. The first-order valence-electron chi connectivity index (χ1n) is 26.9. The Morgan fingerprint density at radius 3 is 1.88 bits per heavy atom. The van der Waals surface area contributed by atoms with E-state index in [2.05, 4.69) is 40.7 Å². The molecular formula is C52H84O23. The van der Waals surface area contributed by atoms with Gasteiger partial charge in [0.15, 0.2) is 25.2 Å². The Kier molecular flexibility index (Phi) is 16.3. The van der Waals surface area contributed by atoms with Crippen molar-refractivity contribution in [3.05, 3.63) is 11.6 Å². The third-order valence-corrected chi connectivity index (χ3v) is 21.1. The summed E-state index contributed by atoms with van der Waals surface area (Å²) in [6.45, 7) is 10.2.